The second-order valence-corrected chi connectivity index (χ2v) is 4.78. The molecule has 0 saturated heterocycles. The minimum atomic E-state index is 0.370. The Hall–Kier alpha value is -0.0400. The van der Waals surface area contributed by atoms with Gasteiger partial charge in [-0.15, -0.1) is 0 Å². The first-order valence-corrected chi connectivity index (χ1v) is 4.60. The van der Waals surface area contributed by atoms with Crippen LogP contribution < -0.4 is 0 Å². The van der Waals surface area contributed by atoms with Crippen molar-refractivity contribution in [2.24, 2.45) is 23.2 Å². The van der Waals surface area contributed by atoms with E-state index < -0.39 is 0 Å². The van der Waals surface area contributed by atoms with Crippen molar-refractivity contribution in [3.8, 4) is 0 Å². The Morgan fingerprint density at radius 1 is 1.36 bits per heavy atom. The van der Waals surface area contributed by atoms with Crippen LogP contribution in [-0.4, -0.2) is 11.7 Å². The number of rotatable bonds is 1. The van der Waals surface area contributed by atoms with Gasteiger partial charge in [-0.1, -0.05) is 27.7 Å². The molecule has 1 saturated carbocycles. The fraction of sp³-hybridized carbons (Fsp3) is 1.00. The second kappa shape index (κ2) is 2.78. The molecule has 0 aromatic rings. The summed E-state index contributed by atoms with van der Waals surface area (Å²) >= 11 is 0. The van der Waals surface area contributed by atoms with Crippen molar-refractivity contribution >= 4 is 0 Å². The smallest absolute Gasteiger partial charge is 0.0462 e. The van der Waals surface area contributed by atoms with Crippen molar-refractivity contribution in [3.05, 3.63) is 0 Å². The van der Waals surface area contributed by atoms with Crippen molar-refractivity contribution in [2.45, 2.75) is 34.1 Å². The van der Waals surface area contributed by atoms with E-state index in [1.54, 1.807) is 0 Å². The summed E-state index contributed by atoms with van der Waals surface area (Å²) in [5, 5.41) is 9.09. The molecule has 1 heteroatoms. The standard InChI is InChI=1S/C10H20O/c1-7-8(2)10(3,4)5-9(7)6-11/h7-9,11H,5-6H2,1-4H3/t7-,8+,9?/m1/s1. The van der Waals surface area contributed by atoms with Crippen molar-refractivity contribution in [2.75, 3.05) is 6.61 Å². The summed E-state index contributed by atoms with van der Waals surface area (Å²) in [6, 6.07) is 0. The van der Waals surface area contributed by atoms with Gasteiger partial charge in [0.25, 0.3) is 0 Å². The molecule has 0 amide bonds. The van der Waals surface area contributed by atoms with Gasteiger partial charge in [0.1, 0.15) is 0 Å². The van der Waals surface area contributed by atoms with Crippen molar-refractivity contribution in [1.29, 1.82) is 0 Å². The summed E-state index contributed by atoms with van der Waals surface area (Å²) in [7, 11) is 0. The van der Waals surface area contributed by atoms with E-state index in [4.69, 9.17) is 5.11 Å². The topological polar surface area (TPSA) is 20.2 Å². The molecule has 11 heavy (non-hydrogen) atoms. The van der Waals surface area contributed by atoms with E-state index in [2.05, 4.69) is 27.7 Å². The number of aliphatic hydroxyl groups is 1. The van der Waals surface area contributed by atoms with Crippen LogP contribution in [0.2, 0.25) is 0 Å². The molecule has 0 bridgehead atoms. The van der Waals surface area contributed by atoms with Crippen LogP contribution in [0.3, 0.4) is 0 Å². The van der Waals surface area contributed by atoms with Crippen LogP contribution in [0.4, 0.5) is 0 Å². The minimum Gasteiger partial charge on any atom is -0.396 e. The van der Waals surface area contributed by atoms with Crippen molar-refractivity contribution in [1.82, 2.24) is 0 Å². The first kappa shape index (κ1) is 9.05. The number of aliphatic hydroxyl groups excluding tert-OH is 1. The first-order valence-electron chi connectivity index (χ1n) is 4.60. The fourth-order valence-corrected chi connectivity index (χ4v) is 2.40. The summed E-state index contributed by atoms with van der Waals surface area (Å²) in [4.78, 5) is 0. The maximum Gasteiger partial charge on any atom is 0.0462 e. The van der Waals surface area contributed by atoms with Crippen molar-refractivity contribution in [3.63, 3.8) is 0 Å². The van der Waals surface area contributed by atoms with Crippen LogP contribution in [0.5, 0.6) is 0 Å². The maximum atomic E-state index is 9.09. The predicted molar refractivity (Wildman–Crippen MR) is 47.3 cm³/mol. The van der Waals surface area contributed by atoms with Gasteiger partial charge in [-0.05, 0) is 29.6 Å². The monoisotopic (exact) mass is 156 g/mol. The van der Waals surface area contributed by atoms with E-state index >= 15 is 0 Å². The molecule has 0 aliphatic heterocycles. The molecule has 1 aliphatic rings. The third kappa shape index (κ3) is 1.44. The Morgan fingerprint density at radius 3 is 2.09 bits per heavy atom. The third-order valence-electron chi connectivity index (χ3n) is 3.79. The van der Waals surface area contributed by atoms with Gasteiger partial charge in [-0.25, -0.2) is 0 Å². The lowest BCUT2D eigenvalue weighted by atomic mass is 9.81. The summed E-state index contributed by atoms with van der Waals surface area (Å²) in [5.74, 6) is 1.98. The molecule has 1 rings (SSSR count). The zero-order chi connectivity index (χ0) is 8.65. The molecule has 0 heterocycles. The molecule has 1 aliphatic carbocycles. The summed E-state index contributed by atoms with van der Waals surface area (Å²) < 4.78 is 0. The molecule has 3 atom stereocenters. The molecular formula is C10H20O. The average Bonchev–Trinajstić information content (AvgIpc) is 2.13. The molecule has 66 valence electrons. The predicted octanol–water partition coefficient (Wildman–Crippen LogP) is 2.30. The molecular weight excluding hydrogens is 136 g/mol. The normalized spacial score (nSPS) is 42.8. The summed E-state index contributed by atoms with van der Waals surface area (Å²) in [6.45, 7) is 9.56. The third-order valence-corrected chi connectivity index (χ3v) is 3.79. The average molecular weight is 156 g/mol. The van der Waals surface area contributed by atoms with Crippen molar-refractivity contribution < 1.29 is 5.11 Å². The molecule has 0 radical (unpaired) electrons. The lowest BCUT2D eigenvalue weighted by Crippen LogP contribution is -2.17. The SMILES string of the molecule is C[C@H]1C(CO)CC(C)(C)[C@H]1C. The minimum absolute atomic E-state index is 0.370. The largest absolute Gasteiger partial charge is 0.396 e. The quantitative estimate of drug-likeness (QED) is 0.617. The molecule has 1 fully saturated rings. The van der Waals surface area contributed by atoms with Gasteiger partial charge in [-0.3, -0.25) is 0 Å². The van der Waals surface area contributed by atoms with E-state index in [1.807, 2.05) is 0 Å². The van der Waals surface area contributed by atoms with E-state index in [0.717, 1.165) is 5.92 Å². The Bertz CT molecular complexity index is 140. The van der Waals surface area contributed by atoms with Crippen LogP contribution >= 0.6 is 0 Å². The van der Waals surface area contributed by atoms with Gasteiger partial charge >= 0.3 is 0 Å². The van der Waals surface area contributed by atoms with E-state index in [1.165, 1.54) is 6.42 Å². The fourth-order valence-electron chi connectivity index (χ4n) is 2.40. The molecule has 0 spiro atoms. The van der Waals surface area contributed by atoms with Crippen LogP contribution in [0.25, 0.3) is 0 Å². The molecule has 1 unspecified atom stereocenters. The lowest BCUT2D eigenvalue weighted by Gasteiger charge is -2.25. The summed E-state index contributed by atoms with van der Waals surface area (Å²) in [5.41, 5.74) is 0.437. The zero-order valence-corrected chi connectivity index (χ0v) is 8.09. The van der Waals surface area contributed by atoms with E-state index in [0.29, 0.717) is 23.9 Å². The van der Waals surface area contributed by atoms with Gasteiger partial charge in [0.15, 0.2) is 0 Å². The second-order valence-electron chi connectivity index (χ2n) is 4.78. The van der Waals surface area contributed by atoms with Gasteiger partial charge < -0.3 is 5.11 Å². The molecule has 1 nitrogen and oxygen atoms in total. The first-order chi connectivity index (χ1) is 4.99. The van der Waals surface area contributed by atoms with E-state index in [9.17, 15) is 0 Å². The highest BCUT2D eigenvalue weighted by Gasteiger charge is 2.42. The number of hydrogen-bond acceptors (Lipinski definition) is 1. The highest BCUT2D eigenvalue weighted by atomic mass is 16.3. The van der Waals surface area contributed by atoms with Gasteiger partial charge in [0, 0.05) is 6.61 Å². The highest BCUT2D eigenvalue weighted by Crippen LogP contribution is 2.49. The van der Waals surface area contributed by atoms with Gasteiger partial charge in [0.2, 0.25) is 0 Å². The van der Waals surface area contributed by atoms with Gasteiger partial charge in [0.05, 0.1) is 0 Å². The molecule has 1 N–H and O–H groups in total. The van der Waals surface area contributed by atoms with Crippen LogP contribution in [0, 0.1) is 23.2 Å². The Morgan fingerprint density at radius 2 is 1.91 bits per heavy atom. The lowest BCUT2D eigenvalue weighted by molar-refractivity contribution is 0.191. The molecule has 0 aromatic carbocycles. The Kier molecular flexibility index (Phi) is 2.29. The maximum absolute atomic E-state index is 9.09. The van der Waals surface area contributed by atoms with Crippen LogP contribution in [0.15, 0.2) is 0 Å². The van der Waals surface area contributed by atoms with E-state index in [-0.39, 0.29) is 0 Å². The van der Waals surface area contributed by atoms with Gasteiger partial charge in [-0.2, -0.15) is 0 Å². The van der Waals surface area contributed by atoms with Crippen LogP contribution in [-0.2, 0) is 0 Å². The summed E-state index contributed by atoms with van der Waals surface area (Å²) in [6.07, 6.45) is 1.19. The Labute approximate surface area is 69.8 Å². The zero-order valence-electron chi connectivity index (χ0n) is 8.09. The van der Waals surface area contributed by atoms with Crippen LogP contribution in [0.1, 0.15) is 34.1 Å². The molecule has 0 aromatic heterocycles. The number of hydrogen-bond donors (Lipinski definition) is 1. The highest BCUT2D eigenvalue weighted by molar-refractivity contribution is 4.91. The Balaban J connectivity index is 2.69.